The number of ether oxygens (including phenoxy) is 2. The topological polar surface area (TPSA) is 67.9 Å². The Morgan fingerprint density at radius 3 is 2.69 bits per heavy atom. The number of halogens is 2. The number of hydrogen-bond acceptors (Lipinski definition) is 4. The Balaban J connectivity index is 1.93. The number of hydrogen-bond donors (Lipinski definition) is 1. The zero-order chi connectivity index (χ0) is 21.1. The van der Waals surface area contributed by atoms with E-state index in [4.69, 9.17) is 21.1 Å². The summed E-state index contributed by atoms with van der Waals surface area (Å²) >= 11 is 8.15. The summed E-state index contributed by atoms with van der Waals surface area (Å²) in [5, 5.41) is 3.06. The minimum atomic E-state index is -0.526. The minimum Gasteiger partial charge on any atom is -0.493 e. The number of rotatable bonds is 6. The van der Waals surface area contributed by atoms with Crippen LogP contribution in [-0.4, -0.2) is 25.2 Å². The molecule has 2 aromatic carbocycles. The van der Waals surface area contributed by atoms with E-state index >= 15 is 0 Å². The highest BCUT2D eigenvalue weighted by atomic mass is 127. The molecule has 1 saturated heterocycles. The molecule has 6 nitrogen and oxygen atoms in total. The molecule has 0 aliphatic carbocycles. The van der Waals surface area contributed by atoms with Crippen molar-refractivity contribution >= 4 is 57.9 Å². The molecule has 1 atom stereocenters. The predicted molar refractivity (Wildman–Crippen MR) is 122 cm³/mol. The summed E-state index contributed by atoms with van der Waals surface area (Å²) in [5.41, 5.74) is 1.29. The molecule has 0 spiro atoms. The molecule has 29 heavy (non-hydrogen) atoms. The maximum Gasteiger partial charge on any atom is 0.333 e. The van der Waals surface area contributed by atoms with Crippen molar-refractivity contribution in [1.82, 2.24) is 5.32 Å². The number of nitrogens with zero attached hydrogens (tertiary/aromatic N) is 1. The van der Waals surface area contributed by atoms with E-state index < -0.39 is 11.9 Å². The molecule has 8 heteroatoms. The Morgan fingerprint density at radius 2 is 2.03 bits per heavy atom. The second-order valence-electron chi connectivity index (χ2n) is 6.48. The normalized spacial score (nSPS) is 16.2. The number of benzene rings is 2. The summed E-state index contributed by atoms with van der Waals surface area (Å²) in [6.45, 7) is 4.03. The number of anilines is 1. The highest BCUT2D eigenvalue weighted by molar-refractivity contribution is 14.1. The van der Waals surface area contributed by atoms with Crippen molar-refractivity contribution in [1.29, 1.82) is 0 Å². The van der Waals surface area contributed by atoms with Gasteiger partial charge in [-0.3, -0.25) is 4.79 Å². The van der Waals surface area contributed by atoms with Crippen molar-refractivity contribution in [3.63, 3.8) is 0 Å². The molecule has 1 fully saturated rings. The molecule has 0 aromatic heterocycles. The van der Waals surface area contributed by atoms with Gasteiger partial charge in [-0.1, -0.05) is 24.6 Å². The van der Waals surface area contributed by atoms with Gasteiger partial charge >= 0.3 is 6.03 Å². The highest BCUT2D eigenvalue weighted by Gasteiger charge is 2.35. The molecule has 1 aliphatic heterocycles. The monoisotopic (exact) mass is 526 g/mol. The van der Waals surface area contributed by atoms with Crippen LogP contribution in [0.5, 0.6) is 11.5 Å². The van der Waals surface area contributed by atoms with Crippen LogP contribution in [0.2, 0.25) is 5.02 Å². The lowest BCUT2D eigenvalue weighted by Crippen LogP contribution is -2.30. The molecule has 0 saturated carbocycles. The second kappa shape index (κ2) is 9.04. The molecular formula is C21H20ClIN2O4. The van der Waals surface area contributed by atoms with Crippen molar-refractivity contribution < 1.29 is 19.1 Å². The molecule has 1 N–H and O–H groups in total. The number of imide groups is 1. The standard InChI is InChI=1S/C21H20ClIN2O4/c1-4-12(2)29-19-16(23)8-13(10-18(19)28-3)9-17-20(26)25(21(27)24-17)15-7-5-6-14(22)11-15/h5-12H,4H2,1-3H3,(H,24,27)/b17-9+/t12-/m1/s1. The van der Waals surface area contributed by atoms with E-state index in [2.05, 4.69) is 27.9 Å². The molecule has 0 bridgehead atoms. The first kappa shape index (κ1) is 21.4. The first-order valence-corrected chi connectivity index (χ1v) is 10.5. The Hall–Kier alpha value is -2.26. The van der Waals surface area contributed by atoms with Gasteiger partial charge in [0.2, 0.25) is 0 Å². The van der Waals surface area contributed by atoms with Crippen molar-refractivity contribution in [2.24, 2.45) is 0 Å². The maximum absolute atomic E-state index is 12.8. The lowest BCUT2D eigenvalue weighted by molar-refractivity contribution is -0.113. The molecule has 3 rings (SSSR count). The fourth-order valence-corrected chi connectivity index (χ4v) is 3.71. The van der Waals surface area contributed by atoms with Crippen LogP contribution in [0.25, 0.3) is 6.08 Å². The van der Waals surface area contributed by atoms with E-state index in [1.165, 1.54) is 0 Å². The summed E-state index contributed by atoms with van der Waals surface area (Å²) in [4.78, 5) is 26.2. The van der Waals surface area contributed by atoms with Crippen LogP contribution in [-0.2, 0) is 4.79 Å². The van der Waals surface area contributed by atoms with Crippen molar-refractivity contribution in [2.75, 3.05) is 12.0 Å². The van der Waals surface area contributed by atoms with Gasteiger partial charge in [-0.05, 0) is 77.9 Å². The average molecular weight is 527 g/mol. The smallest absolute Gasteiger partial charge is 0.333 e. The van der Waals surface area contributed by atoms with Crippen LogP contribution >= 0.6 is 34.2 Å². The van der Waals surface area contributed by atoms with E-state index in [1.54, 1.807) is 43.5 Å². The van der Waals surface area contributed by atoms with Crippen LogP contribution in [0, 0.1) is 3.57 Å². The molecule has 1 aliphatic rings. The number of carbonyl (C=O) groups is 2. The predicted octanol–water partition coefficient (Wildman–Crippen LogP) is 5.23. The van der Waals surface area contributed by atoms with Gasteiger partial charge in [0, 0.05) is 5.02 Å². The summed E-state index contributed by atoms with van der Waals surface area (Å²) < 4.78 is 12.3. The maximum atomic E-state index is 12.8. The number of carbonyl (C=O) groups excluding carboxylic acids is 2. The van der Waals surface area contributed by atoms with Crippen molar-refractivity contribution in [2.45, 2.75) is 26.4 Å². The van der Waals surface area contributed by atoms with E-state index in [0.717, 1.165) is 14.9 Å². The number of urea groups is 1. The van der Waals surface area contributed by atoms with Gasteiger partial charge in [-0.15, -0.1) is 0 Å². The fourth-order valence-electron chi connectivity index (χ4n) is 2.77. The van der Waals surface area contributed by atoms with Gasteiger partial charge in [0.25, 0.3) is 5.91 Å². The third-order valence-electron chi connectivity index (χ3n) is 4.40. The fraction of sp³-hybridized carbons (Fsp3) is 0.238. The third-order valence-corrected chi connectivity index (χ3v) is 5.44. The Morgan fingerprint density at radius 1 is 1.28 bits per heavy atom. The minimum absolute atomic E-state index is 0.0450. The molecule has 2 aromatic rings. The highest BCUT2D eigenvalue weighted by Crippen LogP contribution is 2.36. The molecular weight excluding hydrogens is 507 g/mol. The first-order chi connectivity index (χ1) is 13.8. The van der Waals surface area contributed by atoms with E-state index in [0.29, 0.717) is 27.8 Å². The first-order valence-electron chi connectivity index (χ1n) is 9.01. The van der Waals surface area contributed by atoms with Gasteiger partial charge in [0.15, 0.2) is 11.5 Å². The molecule has 152 valence electrons. The summed E-state index contributed by atoms with van der Waals surface area (Å²) in [5.74, 6) is 0.769. The molecule has 3 amide bonds. The largest absolute Gasteiger partial charge is 0.493 e. The summed E-state index contributed by atoms with van der Waals surface area (Å²) in [7, 11) is 1.56. The Kier molecular flexibility index (Phi) is 6.69. The van der Waals surface area contributed by atoms with Crippen LogP contribution in [0.4, 0.5) is 10.5 Å². The molecule has 0 unspecified atom stereocenters. The third kappa shape index (κ3) is 4.67. The molecule has 1 heterocycles. The van der Waals surface area contributed by atoms with Gasteiger partial charge in [0.1, 0.15) is 5.70 Å². The number of nitrogens with one attached hydrogen (secondary N) is 1. The van der Waals surface area contributed by atoms with Crippen molar-refractivity contribution in [3.8, 4) is 11.5 Å². The van der Waals surface area contributed by atoms with E-state index in [1.807, 2.05) is 19.9 Å². The number of methoxy groups -OCH3 is 1. The zero-order valence-corrected chi connectivity index (χ0v) is 19.1. The Bertz CT molecular complexity index is 993. The van der Waals surface area contributed by atoms with Crippen LogP contribution in [0.3, 0.4) is 0 Å². The SMILES string of the molecule is CC[C@@H](C)Oc1c(I)cc(/C=C2/NC(=O)N(c3cccc(Cl)c3)C2=O)cc1OC. The second-order valence-corrected chi connectivity index (χ2v) is 8.08. The van der Waals surface area contributed by atoms with Gasteiger partial charge in [-0.2, -0.15) is 0 Å². The van der Waals surface area contributed by atoms with Crippen LogP contribution < -0.4 is 19.7 Å². The quantitative estimate of drug-likeness (QED) is 0.318. The lowest BCUT2D eigenvalue weighted by Gasteiger charge is -2.17. The van der Waals surface area contributed by atoms with Crippen LogP contribution in [0.15, 0.2) is 42.1 Å². The number of amides is 3. The van der Waals surface area contributed by atoms with Crippen molar-refractivity contribution in [3.05, 3.63) is 56.3 Å². The summed E-state index contributed by atoms with van der Waals surface area (Å²) in [6, 6.07) is 9.69. The van der Waals surface area contributed by atoms with E-state index in [-0.39, 0.29) is 11.8 Å². The average Bonchev–Trinajstić information content (AvgIpc) is 2.96. The van der Waals surface area contributed by atoms with Gasteiger partial charge < -0.3 is 14.8 Å². The molecule has 0 radical (unpaired) electrons. The van der Waals surface area contributed by atoms with Gasteiger partial charge in [-0.25, -0.2) is 9.69 Å². The van der Waals surface area contributed by atoms with E-state index in [9.17, 15) is 9.59 Å². The van der Waals surface area contributed by atoms with Crippen LogP contribution in [0.1, 0.15) is 25.8 Å². The lowest BCUT2D eigenvalue weighted by atomic mass is 10.1. The van der Waals surface area contributed by atoms with Gasteiger partial charge in [0.05, 0.1) is 22.5 Å². The Labute approximate surface area is 188 Å². The zero-order valence-electron chi connectivity index (χ0n) is 16.2. The summed E-state index contributed by atoms with van der Waals surface area (Å²) in [6.07, 6.45) is 2.52.